The molecule has 0 unspecified atom stereocenters. The zero-order chi connectivity index (χ0) is 15.5. The molecule has 0 aliphatic heterocycles. The van der Waals surface area contributed by atoms with E-state index >= 15 is 0 Å². The van der Waals surface area contributed by atoms with Gasteiger partial charge in [0.2, 0.25) is 0 Å². The number of ether oxygens (including phenoxy) is 1. The normalized spacial score (nSPS) is 10.5. The third kappa shape index (κ3) is 3.43. The number of methoxy groups -OCH3 is 1. The van der Waals surface area contributed by atoms with Crippen LogP contribution in [0.15, 0.2) is 52.3 Å². The van der Waals surface area contributed by atoms with Crippen molar-refractivity contribution in [1.82, 2.24) is 4.98 Å². The summed E-state index contributed by atoms with van der Waals surface area (Å²) < 4.78 is 6.20. The van der Waals surface area contributed by atoms with E-state index in [1.54, 1.807) is 18.4 Å². The number of hydrogen-bond donors (Lipinski definition) is 1. The van der Waals surface area contributed by atoms with Crippen LogP contribution in [0.2, 0.25) is 5.02 Å². The lowest BCUT2D eigenvalue weighted by atomic mass is 10.2. The van der Waals surface area contributed by atoms with Crippen molar-refractivity contribution in [2.75, 3.05) is 12.4 Å². The molecule has 1 aromatic heterocycles. The molecule has 1 N–H and O–H groups in total. The minimum absolute atomic E-state index is 0.567. The molecular weight excluding hydrogens is 384 g/mol. The summed E-state index contributed by atoms with van der Waals surface area (Å²) in [6.07, 6.45) is 0. The molecule has 0 aliphatic rings. The Kier molecular flexibility index (Phi) is 4.66. The van der Waals surface area contributed by atoms with Gasteiger partial charge in [-0.15, -0.1) is 11.3 Å². The van der Waals surface area contributed by atoms with Crippen LogP contribution in [0.25, 0.3) is 11.3 Å². The molecule has 0 radical (unpaired) electrons. The summed E-state index contributed by atoms with van der Waals surface area (Å²) in [6.45, 7) is 0. The van der Waals surface area contributed by atoms with Crippen LogP contribution in [-0.4, -0.2) is 12.1 Å². The van der Waals surface area contributed by atoms with Gasteiger partial charge in [0.25, 0.3) is 0 Å². The first kappa shape index (κ1) is 15.3. The second-order valence-corrected chi connectivity index (χ2v) is 6.70. The Bertz CT molecular complexity index is 789. The van der Waals surface area contributed by atoms with Crippen LogP contribution in [0.3, 0.4) is 0 Å². The van der Waals surface area contributed by atoms with Gasteiger partial charge < -0.3 is 10.1 Å². The van der Waals surface area contributed by atoms with Gasteiger partial charge in [0.1, 0.15) is 5.75 Å². The van der Waals surface area contributed by atoms with E-state index in [0.29, 0.717) is 10.8 Å². The van der Waals surface area contributed by atoms with Crippen molar-refractivity contribution in [1.29, 1.82) is 0 Å². The quantitative estimate of drug-likeness (QED) is 0.590. The molecule has 0 saturated heterocycles. The Labute approximate surface area is 146 Å². The average molecular weight is 396 g/mol. The molecule has 0 bridgehead atoms. The smallest absolute Gasteiger partial charge is 0.187 e. The van der Waals surface area contributed by atoms with E-state index < -0.39 is 0 Å². The lowest BCUT2D eigenvalue weighted by Gasteiger charge is -2.06. The number of aromatic nitrogens is 1. The van der Waals surface area contributed by atoms with Crippen molar-refractivity contribution in [3.63, 3.8) is 0 Å². The van der Waals surface area contributed by atoms with Crippen LogP contribution in [0.5, 0.6) is 5.75 Å². The maximum absolute atomic E-state index is 6.13. The highest BCUT2D eigenvalue weighted by Gasteiger charge is 2.06. The average Bonchev–Trinajstić information content (AvgIpc) is 2.97. The Morgan fingerprint density at radius 3 is 2.64 bits per heavy atom. The van der Waals surface area contributed by atoms with Crippen LogP contribution >= 0.6 is 38.9 Å². The first-order valence-electron chi connectivity index (χ1n) is 6.48. The fraction of sp³-hybridized carbons (Fsp3) is 0.0625. The minimum Gasteiger partial charge on any atom is -0.495 e. The standard InChI is InChI=1S/C16H12BrClN2OS/c1-21-15-7-6-12(8-13(15)18)19-16-20-14(9-22-16)10-2-4-11(17)5-3-10/h2-9H,1H3,(H,19,20). The van der Waals surface area contributed by atoms with Crippen molar-refractivity contribution in [3.05, 3.63) is 57.3 Å². The first-order valence-corrected chi connectivity index (χ1v) is 8.53. The molecule has 0 amide bonds. The molecule has 2 aromatic carbocycles. The van der Waals surface area contributed by atoms with Gasteiger partial charge in [-0.05, 0) is 30.3 Å². The van der Waals surface area contributed by atoms with Gasteiger partial charge in [-0.3, -0.25) is 0 Å². The highest BCUT2D eigenvalue weighted by molar-refractivity contribution is 9.10. The predicted molar refractivity (Wildman–Crippen MR) is 96.5 cm³/mol. The fourth-order valence-corrected chi connectivity index (χ4v) is 3.21. The second-order valence-electron chi connectivity index (χ2n) is 4.52. The lowest BCUT2D eigenvalue weighted by molar-refractivity contribution is 0.415. The molecule has 0 spiro atoms. The minimum atomic E-state index is 0.567. The molecule has 6 heteroatoms. The van der Waals surface area contributed by atoms with E-state index in [1.807, 2.05) is 47.8 Å². The molecule has 3 rings (SSSR count). The van der Waals surface area contributed by atoms with E-state index in [9.17, 15) is 0 Å². The summed E-state index contributed by atoms with van der Waals surface area (Å²) in [6, 6.07) is 13.6. The number of rotatable bonds is 4. The highest BCUT2D eigenvalue weighted by Crippen LogP contribution is 2.31. The van der Waals surface area contributed by atoms with Gasteiger partial charge in [-0.1, -0.05) is 39.7 Å². The first-order chi connectivity index (χ1) is 10.7. The molecule has 22 heavy (non-hydrogen) atoms. The molecule has 0 aliphatic carbocycles. The van der Waals surface area contributed by atoms with E-state index in [0.717, 1.165) is 26.5 Å². The summed E-state index contributed by atoms with van der Waals surface area (Å²) in [5.41, 5.74) is 2.90. The zero-order valence-corrected chi connectivity index (χ0v) is 14.8. The third-order valence-corrected chi connectivity index (χ3v) is 4.63. The van der Waals surface area contributed by atoms with Gasteiger partial charge >= 0.3 is 0 Å². The number of anilines is 2. The Morgan fingerprint density at radius 2 is 1.95 bits per heavy atom. The van der Waals surface area contributed by atoms with Crippen LogP contribution in [-0.2, 0) is 0 Å². The summed E-state index contributed by atoms with van der Waals surface area (Å²) in [4.78, 5) is 4.60. The van der Waals surface area contributed by atoms with Crippen molar-refractivity contribution in [2.45, 2.75) is 0 Å². The fourth-order valence-electron chi connectivity index (χ4n) is 1.95. The van der Waals surface area contributed by atoms with E-state index in [-0.39, 0.29) is 0 Å². The summed E-state index contributed by atoms with van der Waals surface area (Å²) in [7, 11) is 1.60. The highest BCUT2D eigenvalue weighted by atomic mass is 79.9. The van der Waals surface area contributed by atoms with Crippen LogP contribution < -0.4 is 10.1 Å². The Hall–Kier alpha value is -1.56. The summed E-state index contributed by atoms with van der Waals surface area (Å²) >= 11 is 11.1. The lowest BCUT2D eigenvalue weighted by Crippen LogP contribution is -1.91. The maximum atomic E-state index is 6.13. The van der Waals surface area contributed by atoms with Crippen molar-refractivity contribution in [2.24, 2.45) is 0 Å². The number of nitrogens with one attached hydrogen (secondary N) is 1. The van der Waals surface area contributed by atoms with Gasteiger partial charge in [0.15, 0.2) is 5.13 Å². The SMILES string of the molecule is COc1ccc(Nc2nc(-c3ccc(Br)cc3)cs2)cc1Cl. The molecule has 3 nitrogen and oxygen atoms in total. The molecule has 112 valence electrons. The molecule has 3 aromatic rings. The number of benzene rings is 2. The van der Waals surface area contributed by atoms with Crippen molar-refractivity contribution in [3.8, 4) is 17.0 Å². The molecule has 0 saturated carbocycles. The number of hydrogen-bond acceptors (Lipinski definition) is 4. The number of nitrogens with zero attached hydrogens (tertiary/aromatic N) is 1. The van der Waals surface area contributed by atoms with E-state index in [4.69, 9.17) is 16.3 Å². The summed E-state index contributed by atoms with van der Waals surface area (Å²) in [5.74, 6) is 0.655. The second kappa shape index (κ2) is 6.69. The number of thiazole rings is 1. The summed E-state index contributed by atoms with van der Waals surface area (Å²) in [5, 5.41) is 6.67. The van der Waals surface area contributed by atoms with Gasteiger partial charge in [-0.25, -0.2) is 4.98 Å². The number of halogens is 2. The van der Waals surface area contributed by atoms with Gasteiger partial charge in [0, 0.05) is 21.1 Å². The third-order valence-electron chi connectivity index (χ3n) is 3.05. The molecule has 0 fully saturated rings. The maximum Gasteiger partial charge on any atom is 0.187 e. The Morgan fingerprint density at radius 1 is 1.18 bits per heavy atom. The van der Waals surface area contributed by atoms with E-state index in [2.05, 4.69) is 26.2 Å². The van der Waals surface area contributed by atoms with Gasteiger partial charge in [0.05, 0.1) is 17.8 Å². The molecular formula is C16H12BrClN2OS. The Balaban J connectivity index is 1.79. The monoisotopic (exact) mass is 394 g/mol. The molecule has 0 atom stereocenters. The molecule has 1 heterocycles. The predicted octanol–water partition coefficient (Wildman–Crippen LogP) is 5.98. The largest absolute Gasteiger partial charge is 0.495 e. The van der Waals surface area contributed by atoms with Crippen LogP contribution in [0.4, 0.5) is 10.8 Å². The topological polar surface area (TPSA) is 34.1 Å². The van der Waals surface area contributed by atoms with Gasteiger partial charge in [-0.2, -0.15) is 0 Å². The van der Waals surface area contributed by atoms with Crippen molar-refractivity contribution >= 4 is 49.7 Å². The zero-order valence-electron chi connectivity index (χ0n) is 11.6. The van der Waals surface area contributed by atoms with Crippen LogP contribution in [0.1, 0.15) is 0 Å². The van der Waals surface area contributed by atoms with Crippen molar-refractivity contribution < 1.29 is 4.74 Å². The van der Waals surface area contributed by atoms with E-state index in [1.165, 1.54) is 0 Å². The van der Waals surface area contributed by atoms with Crippen LogP contribution in [0, 0.1) is 0 Å².